The molecule has 2 heterocycles. The summed E-state index contributed by atoms with van der Waals surface area (Å²) in [6.07, 6.45) is 5.39. The largest absolute Gasteiger partial charge is 0.322 e. The van der Waals surface area contributed by atoms with Crippen LogP contribution in [-0.2, 0) is 4.79 Å². The summed E-state index contributed by atoms with van der Waals surface area (Å²) < 4.78 is 0. The Morgan fingerprint density at radius 3 is 3.00 bits per heavy atom. The molecule has 2 fully saturated rings. The third-order valence-corrected chi connectivity index (χ3v) is 4.64. The molecular formula is C13H18N2OS. The molecule has 4 heteroatoms. The average Bonchev–Trinajstić information content (AvgIpc) is 2.86. The van der Waals surface area contributed by atoms with Gasteiger partial charge >= 0.3 is 0 Å². The molecule has 1 aliphatic carbocycles. The van der Waals surface area contributed by atoms with Crippen molar-refractivity contribution in [3.05, 3.63) is 22.4 Å². The van der Waals surface area contributed by atoms with Crippen LogP contribution in [0.25, 0.3) is 0 Å². The van der Waals surface area contributed by atoms with Crippen LogP contribution in [0.4, 0.5) is 0 Å². The van der Waals surface area contributed by atoms with Gasteiger partial charge in [0.2, 0.25) is 5.91 Å². The van der Waals surface area contributed by atoms with Gasteiger partial charge in [-0.2, -0.15) is 11.3 Å². The van der Waals surface area contributed by atoms with Gasteiger partial charge in [-0.25, -0.2) is 0 Å². The van der Waals surface area contributed by atoms with Crippen molar-refractivity contribution in [2.75, 3.05) is 13.1 Å². The van der Waals surface area contributed by atoms with Crippen LogP contribution in [0, 0.1) is 5.92 Å². The van der Waals surface area contributed by atoms with E-state index < -0.39 is 0 Å². The zero-order chi connectivity index (χ0) is 11.7. The number of hydrogen-bond acceptors (Lipinski definition) is 3. The highest BCUT2D eigenvalue weighted by atomic mass is 32.1. The van der Waals surface area contributed by atoms with E-state index in [1.807, 2.05) is 4.90 Å². The Bertz CT molecular complexity index is 386. The van der Waals surface area contributed by atoms with Gasteiger partial charge in [-0.3, -0.25) is 10.1 Å². The molecule has 1 aliphatic heterocycles. The minimum atomic E-state index is 0.119. The van der Waals surface area contributed by atoms with E-state index in [1.165, 1.54) is 31.2 Å². The van der Waals surface area contributed by atoms with Gasteiger partial charge in [0.1, 0.15) is 6.17 Å². The monoisotopic (exact) mass is 250 g/mol. The zero-order valence-electron chi connectivity index (χ0n) is 9.89. The number of thiophene rings is 1. The van der Waals surface area contributed by atoms with Gasteiger partial charge in [0.05, 0.1) is 6.54 Å². The highest BCUT2D eigenvalue weighted by molar-refractivity contribution is 7.07. The molecular weight excluding hydrogens is 232 g/mol. The number of nitrogens with one attached hydrogen (secondary N) is 1. The maximum atomic E-state index is 11.9. The average molecular weight is 250 g/mol. The molecule has 0 radical (unpaired) electrons. The lowest BCUT2D eigenvalue weighted by atomic mass is 9.83. The van der Waals surface area contributed by atoms with E-state index in [-0.39, 0.29) is 12.1 Å². The van der Waals surface area contributed by atoms with Gasteiger partial charge in [0.15, 0.2) is 0 Å². The van der Waals surface area contributed by atoms with Crippen LogP contribution in [0.5, 0.6) is 0 Å². The van der Waals surface area contributed by atoms with Crippen molar-refractivity contribution in [3.8, 4) is 0 Å². The molecule has 3 rings (SSSR count). The molecule has 0 bridgehead atoms. The van der Waals surface area contributed by atoms with E-state index in [2.05, 4.69) is 22.1 Å². The highest BCUT2D eigenvalue weighted by Crippen LogP contribution is 2.31. The first-order valence-corrected chi connectivity index (χ1v) is 7.34. The molecule has 1 atom stereocenters. The molecule has 1 saturated carbocycles. The molecule has 1 N–H and O–H groups in total. The summed E-state index contributed by atoms with van der Waals surface area (Å²) in [5.74, 6) is 1.12. The molecule has 92 valence electrons. The summed E-state index contributed by atoms with van der Waals surface area (Å²) in [7, 11) is 0. The molecule has 1 aromatic rings. The summed E-state index contributed by atoms with van der Waals surface area (Å²) in [6.45, 7) is 1.40. The maximum Gasteiger partial charge on any atom is 0.238 e. The topological polar surface area (TPSA) is 32.3 Å². The second-order valence-electron chi connectivity index (χ2n) is 5.01. The lowest BCUT2D eigenvalue weighted by Crippen LogP contribution is -2.32. The maximum absolute atomic E-state index is 11.9. The van der Waals surface area contributed by atoms with Crippen molar-refractivity contribution in [3.63, 3.8) is 0 Å². The van der Waals surface area contributed by atoms with Crippen LogP contribution in [-0.4, -0.2) is 23.9 Å². The summed E-state index contributed by atoms with van der Waals surface area (Å²) >= 11 is 1.69. The number of hydrogen-bond donors (Lipinski definition) is 1. The third kappa shape index (κ3) is 2.24. The number of nitrogens with zero attached hydrogens (tertiary/aromatic N) is 1. The van der Waals surface area contributed by atoms with Gasteiger partial charge in [-0.1, -0.05) is 19.3 Å². The molecule has 0 spiro atoms. The van der Waals surface area contributed by atoms with Crippen molar-refractivity contribution in [1.82, 2.24) is 10.2 Å². The van der Waals surface area contributed by atoms with E-state index in [0.717, 1.165) is 12.5 Å². The van der Waals surface area contributed by atoms with Crippen LogP contribution >= 0.6 is 11.3 Å². The minimum Gasteiger partial charge on any atom is -0.322 e. The molecule has 1 aromatic heterocycles. The van der Waals surface area contributed by atoms with Crippen LogP contribution in [0.3, 0.4) is 0 Å². The minimum absolute atomic E-state index is 0.119. The van der Waals surface area contributed by atoms with E-state index in [4.69, 9.17) is 0 Å². The first kappa shape index (κ1) is 11.2. The quantitative estimate of drug-likeness (QED) is 0.889. The lowest BCUT2D eigenvalue weighted by molar-refractivity contribution is -0.128. The summed E-state index contributed by atoms with van der Waals surface area (Å²) in [4.78, 5) is 13.9. The smallest absolute Gasteiger partial charge is 0.238 e. The summed E-state index contributed by atoms with van der Waals surface area (Å²) in [5, 5.41) is 7.51. The van der Waals surface area contributed by atoms with E-state index in [1.54, 1.807) is 11.3 Å². The fraction of sp³-hybridized carbons (Fsp3) is 0.615. The predicted octanol–water partition coefficient (Wildman–Crippen LogP) is 2.37. The van der Waals surface area contributed by atoms with Gasteiger partial charge in [-0.05, 0) is 34.7 Å². The molecule has 17 heavy (non-hydrogen) atoms. The van der Waals surface area contributed by atoms with E-state index in [0.29, 0.717) is 6.54 Å². The first-order valence-electron chi connectivity index (χ1n) is 6.39. The SMILES string of the molecule is O=C1CNC(c2ccsc2)N1CCC1CCC1. The molecule has 1 saturated heterocycles. The van der Waals surface area contributed by atoms with Crippen molar-refractivity contribution < 1.29 is 4.79 Å². The number of carbonyl (C=O) groups is 1. The number of amides is 1. The molecule has 1 amide bonds. The standard InChI is InChI=1S/C13H18N2OS/c16-12-8-14-13(11-5-7-17-9-11)15(12)6-4-10-2-1-3-10/h5,7,9-10,13-14H,1-4,6,8H2. The van der Waals surface area contributed by atoms with Crippen molar-refractivity contribution >= 4 is 17.2 Å². The van der Waals surface area contributed by atoms with E-state index >= 15 is 0 Å². The summed E-state index contributed by atoms with van der Waals surface area (Å²) in [6, 6.07) is 2.11. The third-order valence-electron chi connectivity index (χ3n) is 3.94. The van der Waals surface area contributed by atoms with Crippen LogP contribution in [0.1, 0.15) is 37.4 Å². The fourth-order valence-electron chi connectivity index (χ4n) is 2.63. The van der Waals surface area contributed by atoms with Gasteiger partial charge in [0, 0.05) is 6.54 Å². The Labute approximate surface area is 106 Å². The second-order valence-corrected chi connectivity index (χ2v) is 5.79. The normalized spacial score (nSPS) is 25.3. The number of rotatable bonds is 4. The van der Waals surface area contributed by atoms with E-state index in [9.17, 15) is 4.79 Å². The Kier molecular flexibility index (Phi) is 3.16. The Hall–Kier alpha value is -0.870. The first-order chi connectivity index (χ1) is 8.34. The molecule has 1 unspecified atom stereocenters. The zero-order valence-corrected chi connectivity index (χ0v) is 10.7. The van der Waals surface area contributed by atoms with Crippen molar-refractivity contribution in [2.45, 2.75) is 31.8 Å². The number of carbonyl (C=O) groups excluding carboxylic acids is 1. The molecule has 3 nitrogen and oxygen atoms in total. The van der Waals surface area contributed by atoms with Crippen molar-refractivity contribution in [2.24, 2.45) is 5.92 Å². The Morgan fingerprint density at radius 2 is 2.35 bits per heavy atom. The van der Waals surface area contributed by atoms with Gasteiger partial charge < -0.3 is 4.90 Å². The lowest BCUT2D eigenvalue weighted by Gasteiger charge is -2.30. The molecule has 0 aromatic carbocycles. The Balaban J connectivity index is 1.64. The second kappa shape index (κ2) is 4.78. The Morgan fingerprint density at radius 1 is 1.47 bits per heavy atom. The van der Waals surface area contributed by atoms with Crippen LogP contribution in [0.2, 0.25) is 0 Å². The van der Waals surface area contributed by atoms with Crippen LogP contribution in [0.15, 0.2) is 16.8 Å². The van der Waals surface area contributed by atoms with Crippen molar-refractivity contribution in [1.29, 1.82) is 0 Å². The highest BCUT2D eigenvalue weighted by Gasteiger charge is 2.32. The van der Waals surface area contributed by atoms with Crippen LogP contribution < -0.4 is 5.32 Å². The fourth-order valence-corrected chi connectivity index (χ4v) is 3.30. The predicted molar refractivity (Wildman–Crippen MR) is 68.7 cm³/mol. The summed E-state index contributed by atoms with van der Waals surface area (Å²) in [5.41, 5.74) is 1.23. The van der Waals surface area contributed by atoms with Gasteiger partial charge in [0.25, 0.3) is 0 Å². The van der Waals surface area contributed by atoms with Gasteiger partial charge in [-0.15, -0.1) is 0 Å². The molecule has 2 aliphatic rings.